The summed E-state index contributed by atoms with van der Waals surface area (Å²) >= 11 is 13.2. The van der Waals surface area contributed by atoms with Gasteiger partial charge in [0.1, 0.15) is 0 Å². The second kappa shape index (κ2) is 10.2. The van der Waals surface area contributed by atoms with Crippen LogP contribution in [0.15, 0.2) is 47.6 Å². The molecule has 0 aliphatic rings. The van der Waals surface area contributed by atoms with Crippen LogP contribution in [0.3, 0.4) is 0 Å². The summed E-state index contributed by atoms with van der Waals surface area (Å²) in [4.78, 5) is 24.7. The van der Waals surface area contributed by atoms with E-state index in [0.29, 0.717) is 32.3 Å². The van der Waals surface area contributed by atoms with Gasteiger partial charge in [0.2, 0.25) is 5.91 Å². The number of hydrogen-bond donors (Lipinski definition) is 2. The fourth-order valence-electron chi connectivity index (χ4n) is 2.79. The zero-order chi connectivity index (χ0) is 22.5. The average Bonchev–Trinajstić information content (AvgIpc) is 3.10. The average molecular weight is 478 g/mol. The van der Waals surface area contributed by atoms with Gasteiger partial charge in [0.15, 0.2) is 11.0 Å². The van der Waals surface area contributed by atoms with Crippen LogP contribution in [-0.4, -0.2) is 32.3 Å². The van der Waals surface area contributed by atoms with Gasteiger partial charge in [0, 0.05) is 17.6 Å². The predicted octanol–water partition coefficient (Wildman–Crippen LogP) is 4.65. The zero-order valence-corrected chi connectivity index (χ0v) is 19.5. The standard InChI is InChI=1S/C21H21Cl2N5O2S/c1-12-4-6-14(7-5-12)20(30)24-13(2)19-26-27-21(28(19)3)31-11-18(29)25-17-10-15(22)8-9-16(17)23/h4-10,13H,11H2,1-3H3,(H,24,30)(H,25,29)/t13-/m0/s1. The van der Waals surface area contributed by atoms with E-state index in [1.54, 1.807) is 41.9 Å². The Balaban J connectivity index is 1.59. The molecule has 0 aliphatic heterocycles. The zero-order valence-electron chi connectivity index (χ0n) is 17.1. The van der Waals surface area contributed by atoms with Crippen LogP contribution in [0, 0.1) is 6.92 Å². The van der Waals surface area contributed by atoms with Gasteiger partial charge in [0.25, 0.3) is 5.91 Å². The number of anilines is 1. The number of rotatable bonds is 7. The summed E-state index contributed by atoms with van der Waals surface area (Å²) in [6.07, 6.45) is 0. The largest absolute Gasteiger partial charge is 0.342 e. The molecule has 3 rings (SSSR count). The summed E-state index contributed by atoms with van der Waals surface area (Å²) in [6, 6.07) is 11.8. The minimum Gasteiger partial charge on any atom is -0.342 e. The second-order valence-electron chi connectivity index (χ2n) is 6.92. The molecule has 2 N–H and O–H groups in total. The van der Waals surface area contributed by atoms with E-state index in [9.17, 15) is 9.59 Å². The van der Waals surface area contributed by atoms with E-state index >= 15 is 0 Å². The van der Waals surface area contributed by atoms with Crippen LogP contribution in [-0.2, 0) is 11.8 Å². The molecule has 1 atom stereocenters. The Morgan fingerprint density at radius 1 is 1.13 bits per heavy atom. The van der Waals surface area contributed by atoms with Crippen molar-refractivity contribution in [2.75, 3.05) is 11.1 Å². The Morgan fingerprint density at radius 3 is 2.55 bits per heavy atom. The van der Waals surface area contributed by atoms with Crippen molar-refractivity contribution in [1.29, 1.82) is 0 Å². The minimum atomic E-state index is -0.361. The molecule has 3 aromatic rings. The van der Waals surface area contributed by atoms with Crippen molar-refractivity contribution in [3.8, 4) is 0 Å². The molecule has 0 radical (unpaired) electrons. The van der Waals surface area contributed by atoms with Crippen molar-refractivity contribution < 1.29 is 9.59 Å². The highest BCUT2D eigenvalue weighted by Gasteiger charge is 2.19. The van der Waals surface area contributed by atoms with Gasteiger partial charge >= 0.3 is 0 Å². The number of aromatic nitrogens is 3. The summed E-state index contributed by atoms with van der Waals surface area (Å²) in [5.74, 6) is 0.252. The molecule has 162 valence electrons. The van der Waals surface area contributed by atoms with E-state index in [2.05, 4.69) is 20.8 Å². The second-order valence-corrected chi connectivity index (χ2v) is 8.71. The van der Waals surface area contributed by atoms with Crippen LogP contribution in [0.5, 0.6) is 0 Å². The lowest BCUT2D eigenvalue weighted by Gasteiger charge is -2.14. The lowest BCUT2D eigenvalue weighted by molar-refractivity contribution is -0.113. The summed E-state index contributed by atoms with van der Waals surface area (Å²) in [6.45, 7) is 3.80. The van der Waals surface area contributed by atoms with Gasteiger partial charge in [-0.1, -0.05) is 52.7 Å². The highest BCUT2D eigenvalue weighted by Crippen LogP contribution is 2.26. The van der Waals surface area contributed by atoms with Gasteiger partial charge in [-0.15, -0.1) is 10.2 Å². The molecular formula is C21H21Cl2N5O2S. The van der Waals surface area contributed by atoms with Crippen LogP contribution in [0.1, 0.15) is 34.7 Å². The molecular weight excluding hydrogens is 457 g/mol. The molecule has 7 nitrogen and oxygen atoms in total. The van der Waals surface area contributed by atoms with Gasteiger partial charge in [-0.25, -0.2) is 0 Å². The fraction of sp³-hybridized carbons (Fsp3) is 0.238. The van der Waals surface area contributed by atoms with Gasteiger partial charge < -0.3 is 15.2 Å². The van der Waals surface area contributed by atoms with Crippen molar-refractivity contribution in [1.82, 2.24) is 20.1 Å². The topological polar surface area (TPSA) is 88.9 Å². The Labute approximate surface area is 194 Å². The monoisotopic (exact) mass is 477 g/mol. The number of amides is 2. The van der Waals surface area contributed by atoms with Crippen LogP contribution < -0.4 is 10.6 Å². The smallest absolute Gasteiger partial charge is 0.251 e. The maximum absolute atomic E-state index is 12.5. The molecule has 0 spiro atoms. The molecule has 0 aliphatic carbocycles. The first-order valence-corrected chi connectivity index (χ1v) is 11.1. The molecule has 1 aromatic heterocycles. The van der Waals surface area contributed by atoms with Gasteiger partial charge in [0.05, 0.1) is 22.5 Å². The maximum atomic E-state index is 12.5. The summed E-state index contributed by atoms with van der Waals surface area (Å²) < 4.78 is 1.75. The van der Waals surface area contributed by atoms with Gasteiger partial charge in [-0.2, -0.15) is 0 Å². The van der Waals surface area contributed by atoms with Crippen molar-refractivity contribution in [3.63, 3.8) is 0 Å². The molecule has 0 unspecified atom stereocenters. The lowest BCUT2D eigenvalue weighted by atomic mass is 10.1. The molecule has 31 heavy (non-hydrogen) atoms. The molecule has 1 heterocycles. The van der Waals surface area contributed by atoms with E-state index in [0.717, 1.165) is 5.56 Å². The number of thioether (sulfide) groups is 1. The summed E-state index contributed by atoms with van der Waals surface area (Å²) in [7, 11) is 1.79. The molecule has 10 heteroatoms. The van der Waals surface area contributed by atoms with Gasteiger partial charge in [-0.05, 0) is 44.2 Å². The highest BCUT2D eigenvalue weighted by atomic mass is 35.5. The predicted molar refractivity (Wildman–Crippen MR) is 124 cm³/mol. The number of halogens is 2. The summed E-state index contributed by atoms with van der Waals surface area (Å²) in [5, 5.41) is 15.4. The first kappa shape index (κ1) is 23.1. The normalized spacial score (nSPS) is 11.8. The number of nitrogens with one attached hydrogen (secondary N) is 2. The number of nitrogens with zero attached hydrogens (tertiary/aromatic N) is 3. The van der Waals surface area contributed by atoms with E-state index in [-0.39, 0.29) is 23.6 Å². The Hall–Kier alpha value is -2.55. The highest BCUT2D eigenvalue weighted by molar-refractivity contribution is 7.99. The minimum absolute atomic E-state index is 0.110. The number of hydrogen-bond acceptors (Lipinski definition) is 5. The van der Waals surface area contributed by atoms with Crippen LogP contribution in [0.2, 0.25) is 10.0 Å². The van der Waals surface area contributed by atoms with Gasteiger partial charge in [-0.3, -0.25) is 9.59 Å². The first-order valence-electron chi connectivity index (χ1n) is 9.39. The van der Waals surface area contributed by atoms with Crippen LogP contribution >= 0.6 is 35.0 Å². The number of carbonyl (C=O) groups excluding carboxylic acids is 2. The number of aryl methyl sites for hydroxylation is 1. The van der Waals surface area contributed by atoms with E-state index < -0.39 is 0 Å². The SMILES string of the molecule is Cc1ccc(C(=O)N[C@@H](C)c2nnc(SCC(=O)Nc3cc(Cl)ccc3Cl)n2C)cc1. The Morgan fingerprint density at radius 2 is 1.84 bits per heavy atom. The van der Waals surface area contributed by atoms with Crippen molar-refractivity contribution in [2.24, 2.45) is 7.05 Å². The third kappa shape index (κ3) is 6.00. The molecule has 2 aromatic carbocycles. The maximum Gasteiger partial charge on any atom is 0.251 e. The Bertz CT molecular complexity index is 1100. The lowest BCUT2D eigenvalue weighted by Crippen LogP contribution is -2.28. The molecule has 0 saturated carbocycles. The summed E-state index contributed by atoms with van der Waals surface area (Å²) in [5.41, 5.74) is 2.11. The van der Waals surface area contributed by atoms with Crippen molar-refractivity contribution in [3.05, 3.63) is 69.5 Å². The van der Waals surface area contributed by atoms with E-state index in [1.165, 1.54) is 11.8 Å². The third-order valence-corrected chi connectivity index (χ3v) is 6.04. The Kier molecular flexibility index (Phi) is 7.59. The number of carbonyl (C=O) groups is 2. The van der Waals surface area contributed by atoms with E-state index in [1.807, 2.05) is 26.0 Å². The van der Waals surface area contributed by atoms with Crippen molar-refractivity contribution >= 4 is 52.5 Å². The molecule has 0 fully saturated rings. The molecule has 0 bridgehead atoms. The molecule has 0 saturated heterocycles. The quantitative estimate of drug-likeness (QED) is 0.483. The molecule has 2 amide bonds. The van der Waals surface area contributed by atoms with Crippen LogP contribution in [0.25, 0.3) is 0 Å². The van der Waals surface area contributed by atoms with Crippen LogP contribution in [0.4, 0.5) is 5.69 Å². The van der Waals surface area contributed by atoms with Crippen molar-refractivity contribution in [2.45, 2.75) is 25.0 Å². The van der Waals surface area contributed by atoms with E-state index in [4.69, 9.17) is 23.2 Å². The number of benzene rings is 2. The fourth-order valence-corrected chi connectivity index (χ4v) is 3.84. The third-order valence-electron chi connectivity index (χ3n) is 4.45. The first-order chi connectivity index (χ1) is 14.7.